The van der Waals surface area contributed by atoms with E-state index >= 15 is 0 Å². The minimum atomic E-state index is -0.401. The van der Waals surface area contributed by atoms with E-state index in [2.05, 4.69) is 5.32 Å². The van der Waals surface area contributed by atoms with Gasteiger partial charge in [-0.1, -0.05) is 0 Å². The van der Waals surface area contributed by atoms with Gasteiger partial charge in [-0.05, 0) is 24.6 Å². The third-order valence-electron chi connectivity index (χ3n) is 2.48. The lowest BCUT2D eigenvalue weighted by atomic mass is 9.96. The highest BCUT2D eigenvalue weighted by atomic mass is 16.6. The molecule has 1 atom stereocenters. The van der Waals surface area contributed by atoms with Crippen LogP contribution in [0.1, 0.15) is 18.0 Å². The molecule has 0 aromatic heterocycles. The van der Waals surface area contributed by atoms with Crippen LogP contribution < -0.4 is 11.1 Å². The van der Waals surface area contributed by atoms with Gasteiger partial charge in [0.25, 0.3) is 5.69 Å². The standard InChI is InChI=1S/C9H11N3O2/c10-8-2-1-6(12(13)14)5-7(8)9-3-4-11-9/h1-2,5,9,11H,3-4,10H2/t9-/m1/s1. The van der Waals surface area contributed by atoms with Gasteiger partial charge in [-0.15, -0.1) is 0 Å². The first-order valence-electron chi connectivity index (χ1n) is 4.45. The zero-order chi connectivity index (χ0) is 10.1. The van der Waals surface area contributed by atoms with Gasteiger partial charge in [-0.2, -0.15) is 0 Å². The van der Waals surface area contributed by atoms with Crippen LogP contribution in [0.5, 0.6) is 0 Å². The van der Waals surface area contributed by atoms with Crippen LogP contribution in [-0.4, -0.2) is 11.5 Å². The molecule has 0 aliphatic carbocycles. The van der Waals surface area contributed by atoms with E-state index in [1.54, 1.807) is 12.1 Å². The molecule has 0 radical (unpaired) electrons. The molecule has 0 spiro atoms. The van der Waals surface area contributed by atoms with Crippen molar-refractivity contribution in [2.45, 2.75) is 12.5 Å². The average molecular weight is 193 g/mol. The maximum absolute atomic E-state index is 10.5. The third-order valence-corrected chi connectivity index (χ3v) is 2.48. The molecule has 1 aliphatic rings. The van der Waals surface area contributed by atoms with E-state index in [1.807, 2.05) is 0 Å². The number of nitrogen functional groups attached to an aromatic ring is 1. The van der Waals surface area contributed by atoms with Gasteiger partial charge >= 0.3 is 0 Å². The average Bonchev–Trinajstić information content (AvgIpc) is 2.05. The summed E-state index contributed by atoms with van der Waals surface area (Å²) in [6, 6.07) is 4.76. The molecule has 1 aromatic rings. The highest BCUT2D eigenvalue weighted by Gasteiger charge is 2.22. The summed E-state index contributed by atoms with van der Waals surface area (Å²) in [6.07, 6.45) is 0.991. The van der Waals surface area contributed by atoms with Crippen LogP contribution in [0.4, 0.5) is 11.4 Å². The molecule has 3 N–H and O–H groups in total. The van der Waals surface area contributed by atoms with Gasteiger partial charge in [0.1, 0.15) is 0 Å². The van der Waals surface area contributed by atoms with Crippen molar-refractivity contribution in [1.29, 1.82) is 0 Å². The zero-order valence-corrected chi connectivity index (χ0v) is 7.56. The van der Waals surface area contributed by atoms with Gasteiger partial charge in [-0.3, -0.25) is 10.1 Å². The predicted octanol–water partition coefficient (Wildman–Crippen LogP) is 1.21. The highest BCUT2D eigenvalue weighted by molar-refractivity contribution is 5.54. The first kappa shape index (κ1) is 8.96. The van der Waals surface area contributed by atoms with Gasteiger partial charge in [0.2, 0.25) is 0 Å². The molecular formula is C9H11N3O2. The van der Waals surface area contributed by atoms with Gasteiger partial charge in [0.15, 0.2) is 0 Å². The number of rotatable bonds is 2. The fourth-order valence-electron chi connectivity index (χ4n) is 1.53. The van der Waals surface area contributed by atoms with Crippen molar-refractivity contribution < 1.29 is 4.92 Å². The SMILES string of the molecule is Nc1ccc([N+](=O)[O-])cc1[C@H]1CCN1. The lowest BCUT2D eigenvalue weighted by Gasteiger charge is -2.28. The molecule has 1 saturated heterocycles. The lowest BCUT2D eigenvalue weighted by molar-refractivity contribution is -0.384. The summed E-state index contributed by atoms with van der Waals surface area (Å²) in [5, 5.41) is 13.7. The molecule has 5 nitrogen and oxygen atoms in total. The smallest absolute Gasteiger partial charge is 0.269 e. The molecule has 0 unspecified atom stereocenters. The van der Waals surface area contributed by atoms with Crippen molar-refractivity contribution in [3.63, 3.8) is 0 Å². The molecular weight excluding hydrogens is 182 g/mol. The lowest BCUT2D eigenvalue weighted by Crippen LogP contribution is -2.35. The molecule has 0 bridgehead atoms. The van der Waals surface area contributed by atoms with Crippen molar-refractivity contribution in [2.75, 3.05) is 12.3 Å². The maximum atomic E-state index is 10.5. The Morgan fingerprint density at radius 3 is 2.79 bits per heavy atom. The first-order chi connectivity index (χ1) is 6.68. The zero-order valence-electron chi connectivity index (χ0n) is 7.56. The molecule has 14 heavy (non-hydrogen) atoms. The van der Waals surface area contributed by atoms with E-state index in [1.165, 1.54) is 6.07 Å². The number of nitrogens with one attached hydrogen (secondary N) is 1. The first-order valence-corrected chi connectivity index (χ1v) is 4.45. The Hall–Kier alpha value is -1.62. The molecule has 1 fully saturated rings. The summed E-state index contributed by atoms with van der Waals surface area (Å²) in [7, 11) is 0. The van der Waals surface area contributed by atoms with Crippen molar-refractivity contribution in [2.24, 2.45) is 0 Å². The monoisotopic (exact) mass is 193 g/mol. The topological polar surface area (TPSA) is 81.2 Å². The maximum Gasteiger partial charge on any atom is 0.269 e. The van der Waals surface area contributed by atoms with Gasteiger partial charge in [-0.25, -0.2) is 0 Å². The van der Waals surface area contributed by atoms with Crippen LogP contribution in [0.15, 0.2) is 18.2 Å². The number of nitrogens with two attached hydrogens (primary N) is 1. The van der Waals surface area contributed by atoms with Crippen LogP contribution in [0.25, 0.3) is 0 Å². The van der Waals surface area contributed by atoms with E-state index in [4.69, 9.17) is 5.73 Å². The van der Waals surface area contributed by atoms with E-state index in [0.717, 1.165) is 18.5 Å². The number of nitro benzene ring substituents is 1. The summed E-state index contributed by atoms with van der Waals surface area (Å²) < 4.78 is 0. The number of anilines is 1. The largest absolute Gasteiger partial charge is 0.398 e. The van der Waals surface area contributed by atoms with Crippen LogP contribution in [0, 0.1) is 10.1 Å². The van der Waals surface area contributed by atoms with Gasteiger partial charge in [0, 0.05) is 23.9 Å². The predicted molar refractivity (Wildman–Crippen MR) is 52.9 cm³/mol. The summed E-state index contributed by atoms with van der Waals surface area (Å²) in [5.41, 5.74) is 7.29. The van der Waals surface area contributed by atoms with Crippen LogP contribution >= 0.6 is 0 Å². The molecule has 1 aromatic carbocycles. The van der Waals surface area contributed by atoms with E-state index in [0.29, 0.717) is 5.69 Å². The Balaban J connectivity index is 2.36. The van der Waals surface area contributed by atoms with Crippen molar-refractivity contribution in [1.82, 2.24) is 5.32 Å². The van der Waals surface area contributed by atoms with Gasteiger partial charge < -0.3 is 11.1 Å². The number of benzene rings is 1. The molecule has 5 heteroatoms. The quantitative estimate of drug-likeness (QED) is 0.420. The van der Waals surface area contributed by atoms with Crippen molar-refractivity contribution in [3.05, 3.63) is 33.9 Å². The van der Waals surface area contributed by atoms with Gasteiger partial charge in [0.05, 0.1) is 4.92 Å². The number of nitrogens with zero attached hydrogens (tertiary/aromatic N) is 1. The van der Waals surface area contributed by atoms with Crippen LogP contribution in [0.2, 0.25) is 0 Å². The second kappa shape index (κ2) is 3.26. The second-order valence-corrected chi connectivity index (χ2v) is 3.37. The molecule has 0 amide bonds. The second-order valence-electron chi connectivity index (χ2n) is 3.37. The Morgan fingerprint density at radius 1 is 1.57 bits per heavy atom. The molecule has 74 valence electrons. The molecule has 2 rings (SSSR count). The van der Waals surface area contributed by atoms with Crippen molar-refractivity contribution in [3.8, 4) is 0 Å². The Labute approximate surface area is 81.1 Å². The Kier molecular flexibility index (Phi) is 2.09. The summed E-state index contributed by atoms with van der Waals surface area (Å²) in [4.78, 5) is 10.1. The van der Waals surface area contributed by atoms with Crippen LogP contribution in [0.3, 0.4) is 0 Å². The summed E-state index contributed by atoms with van der Waals surface area (Å²) in [5.74, 6) is 0. The third kappa shape index (κ3) is 1.42. The van der Waals surface area contributed by atoms with E-state index < -0.39 is 4.92 Å². The molecule has 0 saturated carbocycles. The molecule has 1 heterocycles. The fourth-order valence-corrected chi connectivity index (χ4v) is 1.53. The fraction of sp³-hybridized carbons (Fsp3) is 0.333. The normalized spacial score (nSPS) is 20.1. The number of nitro groups is 1. The van der Waals surface area contributed by atoms with E-state index in [-0.39, 0.29) is 11.7 Å². The van der Waals surface area contributed by atoms with Crippen molar-refractivity contribution >= 4 is 11.4 Å². The summed E-state index contributed by atoms with van der Waals surface area (Å²) >= 11 is 0. The van der Waals surface area contributed by atoms with E-state index in [9.17, 15) is 10.1 Å². The Morgan fingerprint density at radius 2 is 2.29 bits per heavy atom. The molecule has 1 aliphatic heterocycles. The number of non-ortho nitro benzene ring substituents is 1. The minimum absolute atomic E-state index is 0.0999. The van der Waals surface area contributed by atoms with Crippen LogP contribution in [-0.2, 0) is 0 Å². The Bertz CT molecular complexity index is 374. The highest BCUT2D eigenvalue weighted by Crippen LogP contribution is 2.30. The summed E-state index contributed by atoms with van der Waals surface area (Å²) in [6.45, 7) is 0.951. The minimum Gasteiger partial charge on any atom is -0.398 e. The number of hydrogen-bond donors (Lipinski definition) is 2. The number of hydrogen-bond acceptors (Lipinski definition) is 4.